The fraction of sp³-hybridized carbons (Fsp3) is 0.0800. The van der Waals surface area contributed by atoms with Crippen LogP contribution in [0.1, 0.15) is 5.56 Å². The molecule has 0 bridgehead atoms. The summed E-state index contributed by atoms with van der Waals surface area (Å²) >= 11 is 7.34. The Balaban J connectivity index is 1.96. The van der Waals surface area contributed by atoms with Crippen molar-refractivity contribution in [2.75, 3.05) is 0 Å². The maximum absolute atomic E-state index is 14.0. The number of hydrogen-bond donors (Lipinski definition) is 0. The molecule has 2 aromatic carbocycles. The average molecular weight is 504 g/mol. The summed E-state index contributed by atoms with van der Waals surface area (Å²) in [6, 6.07) is 14.9. The molecule has 0 saturated heterocycles. The van der Waals surface area contributed by atoms with Gasteiger partial charge < -0.3 is 0 Å². The number of aromatic nitrogens is 4. The Bertz CT molecular complexity index is 1750. The molecule has 0 fully saturated rings. The molecule has 0 spiro atoms. The molecule has 0 atom stereocenters. The van der Waals surface area contributed by atoms with Crippen LogP contribution in [0.15, 0.2) is 70.5 Å². The van der Waals surface area contributed by atoms with E-state index in [-0.39, 0.29) is 34.1 Å². The Morgan fingerprint density at radius 1 is 1.14 bits per heavy atom. The van der Waals surface area contributed by atoms with E-state index in [2.05, 4.69) is 9.97 Å². The predicted octanol–water partition coefficient (Wildman–Crippen LogP) is 4.96. The molecule has 35 heavy (non-hydrogen) atoms. The highest BCUT2D eigenvalue weighted by Crippen LogP contribution is 2.35. The van der Waals surface area contributed by atoms with Gasteiger partial charge in [-0.3, -0.25) is 14.3 Å². The molecule has 0 aliphatic heterocycles. The van der Waals surface area contributed by atoms with Gasteiger partial charge in [-0.25, -0.2) is 18.7 Å². The second-order valence-electron chi connectivity index (χ2n) is 7.73. The number of hydrogen-bond acceptors (Lipinski definition) is 6. The van der Waals surface area contributed by atoms with Gasteiger partial charge in [0.1, 0.15) is 17.4 Å². The lowest BCUT2D eigenvalue weighted by molar-refractivity contribution is 0.628. The molecule has 10 heteroatoms. The standard InChI is InChI=1S/C25H15ClFN5O2S/c1-14-10-16(13-29-12-14)32-24(33)21(15-6-7-18(27)17(26)11-15)22(31(9-8-28)25(32)34)23-30-19-4-2-3-5-20(19)35-23/h2-7,10-13H,9H2,1H3. The van der Waals surface area contributed by atoms with Crippen molar-refractivity contribution in [2.24, 2.45) is 0 Å². The van der Waals surface area contributed by atoms with E-state index >= 15 is 0 Å². The zero-order valence-electron chi connectivity index (χ0n) is 18.2. The van der Waals surface area contributed by atoms with E-state index < -0.39 is 17.1 Å². The number of halogens is 2. The molecule has 7 nitrogen and oxygen atoms in total. The van der Waals surface area contributed by atoms with Crippen LogP contribution < -0.4 is 11.2 Å². The zero-order chi connectivity index (χ0) is 24.7. The first kappa shape index (κ1) is 22.7. The van der Waals surface area contributed by atoms with Gasteiger partial charge in [0, 0.05) is 6.20 Å². The van der Waals surface area contributed by atoms with Gasteiger partial charge in [0.2, 0.25) is 0 Å². The molecular weight excluding hydrogens is 489 g/mol. The van der Waals surface area contributed by atoms with Crippen LogP contribution in [0, 0.1) is 24.1 Å². The van der Waals surface area contributed by atoms with Crippen LogP contribution in [0.2, 0.25) is 5.02 Å². The minimum absolute atomic E-state index is 0.0716. The first-order valence-corrected chi connectivity index (χ1v) is 11.6. The highest BCUT2D eigenvalue weighted by Gasteiger charge is 2.25. The van der Waals surface area contributed by atoms with Crippen LogP contribution in [0.3, 0.4) is 0 Å². The Morgan fingerprint density at radius 2 is 1.94 bits per heavy atom. The monoisotopic (exact) mass is 503 g/mol. The second kappa shape index (κ2) is 8.91. The molecule has 172 valence electrons. The largest absolute Gasteiger partial charge is 0.337 e. The number of benzene rings is 2. The van der Waals surface area contributed by atoms with Crippen molar-refractivity contribution in [1.82, 2.24) is 19.1 Å². The number of fused-ring (bicyclic) bond motifs is 1. The van der Waals surface area contributed by atoms with E-state index in [0.717, 1.165) is 20.9 Å². The summed E-state index contributed by atoms with van der Waals surface area (Å²) in [6.07, 6.45) is 2.99. The van der Waals surface area contributed by atoms with E-state index in [1.54, 1.807) is 19.2 Å². The van der Waals surface area contributed by atoms with Gasteiger partial charge in [0.25, 0.3) is 5.56 Å². The SMILES string of the molecule is Cc1cncc(-n2c(=O)c(-c3ccc(F)c(Cl)c3)c(-c3nc4ccccc4s3)n(CC#N)c2=O)c1. The maximum atomic E-state index is 14.0. The summed E-state index contributed by atoms with van der Waals surface area (Å²) in [6.45, 7) is 1.44. The van der Waals surface area contributed by atoms with Crippen molar-refractivity contribution in [2.45, 2.75) is 13.5 Å². The van der Waals surface area contributed by atoms with E-state index in [0.29, 0.717) is 10.5 Å². The van der Waals surface area contributed by atoms with Crippen LogP contribution in [-0.4, -0.2) is 19.1 Å². The maximum Gasteiger partial charge on any atom is 0.337 e. The average Bonchev–Trinajstić information content (AvgIpc) is 3.26. The Hall–Kier alpha value is -4.13. The fourth-order valence-corrected chi connectivity index (χ4v) is 5.07. The van der Waals surface area contributed by atoms with E-state index in [1.165, 1.54) is 34.2 Å². The predicted molar refractivity (Wildman–Crippen MR) is 133 cm³/mol. The van der Waals surface area contributed by atoms with Crippen molar-refractivity contribution in [3.05, 3.63) is 98.2 Å². The lowest BCUT2D eigenvalue weighted by Gasteiger charge is -2.17. The third-order valence-corrected chi connectivity index (χ3v) is 6.73. The normalized spacial score (nSPS) is 11.0. The minimum atomic E-state index is -0.713. The smallest absolute Gasteiger partial charge is 0.276 e. The van der Waals surface area contributed by atoms with Crippen LogP contribution in [0.25, 0.3) is 37.7 Å². The lowest BCUT2D eigenvalue weighted by atomic mass is 10.0. The summed E-state index contributed by atoms with van der Waals surface area (Å²) in [5, 5.41) is 9.77. The summed E-state index contributed by atoms with van der Waals surface area (Å²) in [7, 11) is 0. The van der Waals surface area contributed by atoms with E-state index in [9.17, 15) is 19.2 Å². The van der Waals surface area contributed by atoms with Crippen molar-refractivity contribution >= 4 is 33.2 Å². The van der Waals surface area contributed by atoms with Gasteiger partial charge in [-0.1, -0.05) is 29.8 Å². The molecule has 0 saturated carbocycles. The first-order valence-electron chi connectivity index (χ1n) is 10.4. The van der Waals surface area contributed by atoms with Gasteiger partial charge in [-0.05, 0) is 48.4 Å². The number of aryl methyl sites for hydroxylation is 1. The highest BCUT2D eigenvalue weighted by atomic mass is 35.5. The minimum Gasteiger partial charge on any atom is -0.276 e. The van der Waals surface area contributed by atoms with Gasteiger partial charge >= 0.3 is 5.69 Å². The Kier molecular flexibility index (Phi) is 5.76. The third kappa shape index (κ3) is 3.93. The molecule has 5 aromatic rings. The lowest BCUT2D eigenvalue weighted by Crippen LogP contribution is -2.40. The molecule has 0 aliphatic carbocycles. The number of pyridine rings is 1. The summed E-state index contributed by atoms with van der Waals surface area (Å²) < 4.78 is 17.0. The number of rotatable bonds is 4. The highest BCUT2D eigenvalue weighted by molar-refractivity contribution is 7.21. The summed E-state index contributed by atoms with van der Waals surface area (Å²) in [5.41, 5.74) is 0.822. The van der Waals surface area contributed by atoms with Crippen LogP contribution in [0.4, 0.5) is 4.39 Å². The molecule has 0 radical (unpaired) electrons. The third-order valence-electron chi connectivity index (χ3n) is 5.40. The zero-order valence-corrected chi connectivity index (χ0v) is 19.8. The Morgan fingerprint density at radius 3 is 2.66 bits per heavy atom. The number of thiazole rings is 1. The van der Waals surface area contributed by atoms with E-state index in [4.69, 9.17) is 11.6 Å². The van der Waals surface area contributed by atoms with Gasteiger partial charge in [-0.2, -0.15) is 5.26 Å². The second-order valence-corrected chi connectivity index (χ2v) is 9.16. The molecule has 5 rings (SSSR count). The number of nitrogens with zero attached hydrogens (tertiary/aromatic N) is 5. The molecule has 0 unspecified atom stereocenters. The van der Waals surface area contributed by atoms with Gasteiger partial charge in [0.15, 0.2) is 0 Å². The first-order chi connectivity index (χ1) is 16.9. The van der Waals surface area contributed by atoms with Crippen molar-refractivity contribution < 1.29 is 4.39 Å². The van der Waals surface area contributed by atoms with Crippen LogP contribution >= 0.6 is 22.9 Å². The van der Waals surface area contributed by atoms with Gasteiger partial charge in [0.05, 0.1) is 44.5 Å². The molecule has 3 aromatic heterocycles. The molecule has 3 heterocycles. The van der Waals surface area contributed by atoms with Crippen molar-refractivity contribution in [3.8, 4) is 33.6 Å². The van der Waals surface area contributed by atoms with E-state index in [1.807, 2.05) is 30.3 Å². The van der Waals surface area contributed by atoms with Crippen molar-refractivity contribution in [3.63, 3.8) is 0 Å². The summed E-state index contributed by atoms with van der Waals surface area (Å²) in [5.74, 6) is -0.648. The van der Waals surface area contributed by atoms with Crippen LogP contribution in [-0.2, 0) is 6.54 Å². The van der Waals surface area contributed by atoms with Crippen LogP contribution in [0.5, 0.6) is 0 Å². The number of para-hydroxylation sites is 1. The topological polar surface area (TPSA) is 93.6 Å². The van der Waals surface area contributed by atoms with Crippen molar-refractivity contribution in [1.29, 1.82) is 5.26 Å². The molecule has 0 amide bonds. The molecular formula is C25H15ClFN5O2S. The summed E-state index contributed by atoms with van der Waals surface area (Å²) in [4.78, 5) is 36.3. The quantitative estimate of drug-likeness (QED) is 0.345. The fourth-order valence-electron chi connectivity index (χ4n) is 3.87. The molecule has 0 N–H and O–H groups in total. The van der Waals surface area contributed by atoms with Gasteiger partial charge in [-0.15, -0.1) is 11.3 Å². The Labute approximate surface area is 207 Å². The molecule has 0 aliphatic rings. The number of nitriles is 1.